The predicted molar refractivity (Wildman–Crippen MR) is 128 cm³/mol. The fourth-order valence-corrected chi connectivity index (χ4v) is 4.72. The molecule has 7 nitrogen and oxygen atoms in total. The number of carbonyl (C=O) groups is 1. The molecule has 0 fully saturated rings. The zero-order chi connectivity index (χ0) is 22.5. The van der Waals surface area contributed by atoms with Crippen LogP contribution < -0.4 is 15.9 Å². The Morgan fingerprint density at radius 2 is 1.94 bits per heavy atom. The van der Waals surface area contributed by atoms with Crippen molar-refractivity contribution in [1.82, 2.24) is 20.2 Å². The Hall–Kier alpha value is -3.30. The summed E-state index contributed by atoms with van der Waals surface area (Å²) in [6.07, 6.45) is 0. The highest BCUT2D eigenvalue weighted by Gasteiger charge is 2.20. The van der Waals surface area contributed by atoms with E-state index in [1.165, 1.54) is 22.0 Å². The molecule has 1 amide bonds. The van der Waals surface area contributed by atoms with Crippen LogP contribution in [0, 0.1) is 6.92 Å². The van der Waals surface area contributed by atoms with Crippen LogP contribution in [0.4, 0.5) is 0 Å². The Labute approximate surface area is 194 Å². The molecule has 164 valence electrons. The number of aryl methyl sites for hydroxylation is 1. The molecule has 2 aromatic heterocycles. The second kappa shape index (κ2) is 9.88. The molecule has 1 unspecified atom stereocenters. The Balaban J connectivity index is 1.46. The van der Waals surface area contributed by atoms with Crippen LogP contribution >= 0.6 is 23.1 Å². The molecular formula is C23H23N5O2S2. The van der Waals surface area contributed by atoms with Gasteiger partial charge < -0.3 is 15.9 Å². The summed E-state index contributed by atoms with van der Waals surface area (Å²) in [7, 11) is 1.59. The molecule has 3 N–H and O–H groups in total. The first-order valence-electron chi connectivity index (χ1n) is 9.93. The number of benzene rings is 2. The van der Waals surface area contributed by atoms with E-state index in [1.54, 1.807) is 18.4 Å². The average molecular weight is 466 g/mol. The van der Waals surface area contributed by atoms with Crippen molar-refractivity contribution in [2.24, 2.45) is 0 Å². The quantitative estimate of drug-likeness (QED) is 0.301. The van der Waals surface area contributed by atoms with E-state index >= 15 is 0 Å². The van der Waals surface area contributed by atoms with E-state index in [0.29, 0.717) is 16.7 Å². The van der Waals surface area contributed by atoms with Crippen LogP contribution in [0.15, 0.2) is 71.2 Å². The number of para-hydroxylation sites is 1. The SMILES string of the molecule is COc1ccccc1-c1nnc(SCC(=O)NC(c2ccc(C)cc2)c2cccs2)n1N. The zero-order valence-corrected chi connectivity index (χ0v) is 19.3. The van der Waals surface area contributed by atoms with Crippen LogP contribution in [0.3, 0.4) is 0 Å². The van der Waals surface area contributed by atoms with Gasteiger partial charge in [0.05, 0.1) is 24.5 Å². The summed E-state index contributed by atoms with van der Waals surface area (Å²) in [5, 5.41) is 13.9. The number of nitrogen functional groups attached to an aromatic ring is 1. The second-order valence-electron chi connectivity index (χ2n) is 7.09. The summed E-state index contributed by atoms with van der Waals surface area (Å²) >= 11 is 2.85. The highest BCUT2D eigenvalue weighted by molar-refractivity contribution is 7.99. The first-order valence-corrected chi connectivity index (χ1v) is 11.8. The monoisotopic (exact) mass is 465 g/mol. The molecule has 0 aliphatic heterocycles. The molecule has 0 bridgehead atoms. The van der Waals surface area contributed by atoms with Gasteiger partial charge in [0.2, 0.25) is 11.1 Å². The maximum atomic E-state index is 12.8. The van der Waals surface area contributed by atoms with E-state index < -0.39 is 0 Å². The van der Waals surface area contributed by atoms with Crippen molar-refractivity contribution in [3.63, 3.8) is 0 Å². The number of nitrogens with one attached hydrogen (secondary N) is 1. The number of aromatic nitrogens is 3. The molecule has 0 aliphatic carbocycles. The summed E-state index contributed by atoms with van der Waals surface area (Å²) in [6.45, 7) is 2.04. The molecule has 0 spiro atoms. The summed E-state index contributed by atoms with van der Waals surface area (Å²) in [6, 6.07) is 19.4. The first-order chi connectivity index (χ1) is 15.6. The number of hydrogen-bond acceptors (Lipinski definition) is 7. The average Bonchev–Trinajstić information content (AvgIpc) is 3.47. The van der Waals surface area contributed by atoms with Crippen LogP contribution in [-0.4, -0.2) is 33.6 Å². The minimum atomic E-state index is -0.205. The molecule has 0 aliphatic rings. The number of amides is 1. The van der Waals surface area contributed by atoms with Gasteiger partial charge in [0.15, 0.2) is 5.82 Å². The summed E-state index contributed by atoms with van der Waals surface area (Å²) < 4.78 is 6.77. The molecule has 0 radical (unpaired) electrons. The minimum Gasteiger partial charge on any atom is -0.496 e. The summed E-state index contributed by atoms with van der Waals surface area (Å²) in [4.78, 5) is 13.9. The van der Waals surface area contributed by atoms with E-state index in [1.807, 2.05) is 73.0 Å². The molecule has 4 aromatic rings. The van der Waals surface area contributed by atoms with Crippen molar-refractivity contribution in [1.29, 1.82) is 0 Å². The number of thiophene rings is 1. The molecule has 2 aromatic carbocycles. The smallest absolute Gasteiger partial charge is 0.231 e. The van der Waals surface area contributed by atoms with Gasteiger partial charge in [-0.3, -0.25) is 4.79 Å². The number of hydrogen-bond donors (Lipinski definition) is 2. The van der Waals surface area contributed by atoms with E-state index in [0.717, 1.165) is 16.0 Å². The Kier molecular flexibility index (Phi) is 6.77. The van der Waals surface area contributed by atoms with Crippen molar-refractivity contribution in [3.05, 3.63) is 82.0 Å². The lowest BCUT2D eigenvalue weighted by Crippen LogP contribution is -2.30. The van der Waals surface area contributed by atoms with Gasteiger partial charge >= 0.3 is 0 Å². The largest absolute Gasteiger partial charge is 0.496 e. The lowest BCUT2D eigenvalue weighted by molar-refractivity contribution is -0.119. The van der Waals surface area contributed by atoms with Crippen LogP contribution in [-0.2, 0) is 4.79 Å². The molecule has 9 heteroatoms. The lowest BCUT2D eigenvalue weighted by atomic mass is 10.0. The number of nitrogens with two attached hydrogens (primary N) is 1. The maximum Gasteiger partial charge on any atom is 0.231 e. The van der Waals surface area contributed by atoms with E-state index in [2.05, 4.69) is 15.5 Å². The third kappa shape index (κ3) is 4.79. The van der Waals surface area contributed by atoms with Gasteiger partial charge in [0, 0.05) is 4.88 Å². The number of rotatable bonds is 8. The van der Waals surface area contributed by atoms with Crippen LogP contribution in [0.2, 0.25) is 0 Å². The van der Waals surface area contributed by atoms with Gasteiger partial charge in [0.1, 0.15) is 5.75 Å². The van der Waals surface area contributed by atoms with E-state index in [9.17, 15) is 4.79 Å². The normalized spacial score (nSPS) is 11.8. The van der Waals surface area contributed by atoms with Gasteiger partial charge in [-0.05, 0) is 36.1 Å². The molecular weight excluding hydrogens is 442 g/mol. The van der Waals surface area contributed by atoms with Crippen molar-refractivity contribution < 1.29 is 9.53 Å². The predicted octanol–water partition coefficient (Wildman–Crippen LogP) is 4.04. The molecule has 1 atom stereocenters. The van der Waals surface area contributed by atoms with Gasteiger partial charge in [-0.25, -0.2) is 4.68 Å². The van der Waals surface area contributed by atoms with E-state index in [-0.39, 0.29) is 17.7 Å². The van der Waals surface area contributed by atoms with Crippen LogP contribution in [0.25, 0.3) is 11.4 Å². The number of thioether (sulfide) groups is 1. The molecule has 4 rings (SSSR count). The third-order valence-corrected chi connectivity index (χ3v) is 6.77. The fourth-order valence-electron chi connectivity index (χ4n) is 3.25. The first kappa shape index (κ1) is 21.9. The zero-order valence-electron chi connectivity index (χ0n) is 17.7. The number of nitrogens with zero attached hydrogens (tertiary/aromatic N) is 3. The van der Waals surface area contributed by atoms with Crippen LogP contribution in [0.1, 0.15) is 22.0 Å². The molecule has 0 saturated carbocycles. The van der Waals surface area contributed by atoms with Crippen molar-refractivity contribution in [2.75, 3.05) is 18.7 Å². The Morgan fingerprint density at radius 1 is 1.16 bits per heavy atom. The topological polar surface area (TPSA) is 95.1 Å². The highest BCUT2D eigenvalue weighted by Crippen LogP contribution is 2.30. The maximum absolute atomic E-state index is 12.8. The second-order valence-corrected chi connectivity index (χ2v) is 9.01. The Bertz CT molecular complexity index is 1190. The van der Waals surface area contributed by atoms with Crippen molar-refractivity contribution in [2.45, 2.75) is 18.1 Å². The van der Waals surface area contributed by atoms with E-state index in [4.69, 9.17) is 10.6 Å². The standard InChI is InChI=1S/C23H23N5O2S2/c1-15-9-11-16(12-10-15)21(19-8-5-13-31-19)25-20(29)14-32-23-27-26-22(28(23)24)17-6-3-4-7-18(17)30-2/h3-13,21H,14,24H2,1-2H3,(H,25,29). The number of carbonyl (C=O) groups excluding carboxylic acids is 1. The van der Waals surface area contributed by atoms with Crippen molar-refractivity contribution in [3.8, 4) is 17.1 Å². The van der Waals surface area contributed by atoms with Gasteiger partial charge in [0.25, 0.3) is 0 Å². The van der Waals surface area contributed by atoms with Gasteiger partial charge in [-0.2, -0.15) is 0 Å². The van der Waals surface area contributed by atoms with Crippen LogP contribution in [0.5, 0.6) is 5.75 Å². The molecule has 0 saturated heterocycles. The fraction of sp³-hybridized carbons (Fsp3) is 0.174. The van der Waals surface area contributed by atoms with Gasteiger partial charge in [-0.15, -0.1) is 21.5 Å². The minimum absolute atomic E-state index is 0.115. The summed E-state index contributed by atoms with van der Waals surface area (Å²) in [5.41, 5.74) is 2.95. The number of ether oxygens (including phenoxy) is 1. The van der Waals surface area contributed by atoms with Gasteiger partial charge in [-0.1, -0.05) is 59.8 Å². The number of methoxy groups -OCH3 is 1. The van der Waals surface area contributed by atoms with Crippen molar-refractivity contribution >= 4 is 29.0 Å². The third-order valence-electron chi connectivity index (χ3n) is 4.89. The lowest BCUT2D eigenvalue weighted by Gasteiger charge is -2.18. The molecule has 2 heterocycles. The Morgan fingerprint density at radius 3 is 2.66 bits per heavy atom. The summed E-state index contributed by atoms with van der Waals surface area (Å²) in [5.74, 6) is 7.39. The molecule has 32 heavy (non-hydrogen) atoms. The highest BCUT2D eigenvalue weighted by atomic mass is 32.2.